The van der Waals surface area contributed by atoms with Crippen molar-refractivity contribution in [1.29, 1.82) is 0 Å². The van der Waals surface area contributed by atoms with Gasteiger partial charge in [-0.1, -0.05) is 23.8 Å². The van der Waals surface area contributed by atoms with E-state index in [2.05, 4.69) is 23.3 Å². The molecule has 0 radical (unpaired) electrons. The van der Waals surface area contributed by atoms with Crippen LogP contribution in [0, 0.1) is 13.8 Å². The van der Waals surface area contributed by atoms with Gasteiger partial charge in [-0.25, -0.2) is 0 Å². The lowest BCUT2D eigenvalue weighted by atomic mass is 9.93. The van der Waals surface area contributed by atoms with Crippen molar-refractivity contribution in [3.05, 3.63) is 52.8 Å². The zero-order chi connectivity index (χ0) is 18.7. The summed E-state index contributed by atoms with van der Waals surface area (Å²) in [5.74, 6) is -0.644. The smallest absolute Gasteiger partial charge is 0.325 e. The number of carbonyl (C=O) groups excluding carboxylic acids is 1. The number of benzene rings is 1. The summed E-state index contributed by atoms with van der Waals surface area (Å²) in [6, 6.07) is 8.06. The van der Waals surface area contributed by atoms with Crippen LogP contribution in [-0.2, 0) is 22.6 Å². The number of carboxylic acid groups (broad SMARTS) is 1. The molecule has 1 aromatic carbocycles. The van der Waals surface area contributed by atoms with Crippen LogP contribution in [0.15, 0.2) is 30.5 Å². The standard InChI is InChI=1S/C20H25N3O3/c1-14-5-6-15(2)17(10-14)11-19(24)22-9-3-4-16(12-22)18-7-8-21-23(18)13-20(25)26/h5-8,10,16H,3-4,9,11-13H2,1-2H3,(H,25,26). The molecule has 0 spiro atoms. The number of rotatable bonds is 5. The van der Waals surface area contributed by atoms with Gasteiger partial charge in [0.1, 0.15) is 6.54 Å². The monoisotopic (exact) mass is 355 g/mol. The largest absolute Gasteiger partial charge is 0.480 e. The molecule has 1 unspecified atom stereocenters. The minimum atomic E-state index is -0.909. The van der Waals surface area contributed by atoms with Gasteiger partial charge in [0.25, 0.3) is 0 Å². The van der Waals surface area contributed by atoms with Gasteiger partial charge in [-0.2, -0.15) is 5.10 Å². The Morgan fingerprint density at radius 1 is 1.27 bits per heavy atom. The van der Waals surface area contributed by atoms with Crippen LogP contribution < -0.4 is 0 Å². The van der Waals surface area contributed by atoms with Gasteiger partial charge in [0.2, 0.25) is 5.91 Å². The Labute approximate surface area is 153 Å². The Bertz CT molecular complexity index is 812. The average molecular weight is 355 g/mol. The zero-order valence-electron chi connectivity index (χ0n) is 15.3. The van der Waals surface area contributed by atoms with Crippen molar-refractivity contribution < 1.29 is 14.7 Å². The summed E-state index contributed by atoms with van der Waals surface area (Å²) < 4.78 is 1.53. The van der Waals surface area contributed by atoms with E-state index in [1.165, 1.54) is 4.68 Å². The number of amides is 1. The summed E-state index contributed by atoms with van der Waals surface area (Å²) in [5.41, 5.74) is 4.27. The van der Waals surface area contributed by atoms with Crippen LogP contribution in [0.3, 0.4) is 0 Å². The highest BCUT2D eigenvalue weighted by atomic mass is 16.4. The number of aliphatic carboxylic acids is 1. The minimum Gasteiger partial charge on any atom is -0.480 e. The molecular formula is C20H25N3O3. The Balaban J connectivity index is 1.70. The van der Waals surface area contributed by atoms with Crippen LogP contribution in [0.25, 0.3) is 0 Å². The summed E-state index contributed by atoms with van der Waals surface area (Å²) in [6.45, 7) is 5.30. The van der Waals surface area contributed by atoms with Crippen LogP contribution in [0.1, 0.15) is 41.1 Å². The van der Waals surface area contributed by atoms with Crippen molar-refractivity contribution in [3.8, 4) is 0 Å². The first-order valence-corrected chi connectivity index (χ1v) is 9.01. The van der Waals surface area contributed by atoms with E-state index in [-0.39, 0.29) is 18.4 Å². The van der Waals surface area contributed by atoms with Gasteiger partial charge >= 0.3 is 5.97 Å². The number of piperidine rings is 1. The molecule has 3 rings (SSSR count). The number of nitrogens with zero attached hydrogens (tertiary/aromatic N) is 3. The summed E-state index contributed by atoms with van der Waals surface area (Å²) in [7, 11) is 0. The van der Waals surface area contributed by atoms with Gasteiger partial charge in [0.15, 0.2) is 0 Å². The molecular weight excluding hydrogens is 330 g/mol. The molecule has 2 heterocycles. The highest BCUT2D eigenvalue weighted by molar-refractivity contribution is 5.79. The Hall–Kier alpha value is -2.63. The maximum absolute atomic E-state index is 12.8. The van der Waals surface area contributed by atoms with Crippen LogP contribution >= 0.6 is 0 Å². The number of likely N-dealkylation sites (tertiary alicyclic amines) is 1. The van der Waals surface area contributed by atoms with Gasteiger partial charge in [-0.15, -0.1) is 0 Å². The van der Waals surface area contributed by atoms with Gasteiger partial charge in [-0.05, 0) is 43.9 Å². The van der Waals surface area contributed by atoms with Crippen LogP contribution in [0.5, 0.6) is 0 Å². The van der Waals surface area contributed by atoms with Crippen LogP contribution in [-0.4, -0.2) is 44.8 Å². The maximum Gasteiger partial charge on any atom is 0.325 e. The molecule has 2 aromatic rings. The Morgan fingerprint density at radius 3 is 2.85 bits per heavy atom. The van der Waals surface area contributed by atoms with Crippen LogP contribution in [0.2, 0.25) is 0 Å². The third-order valence-corrected chi connectivity index (χ3v) is 5.07. The molecule has 6 nitrogen and oxygen atoms in total. The molecule has 1 atom stereocenters. The second-order valence-corrected chi connectivity index (χ2v) is 7.09. The minimum absolute atomic E-state index is 0.132. The van der Waals surface area contributed by atoms with E-state index in [0.29, 0.717) is 13.0 Å². The van der Waals surface area contributed by atoms with Gasteiger partial charge in [-0.3, -0.25) is 14.3 Å². The second-order valence-electron chi connectivity index (χ2n) is 7.09. The van der Waals surface area contributed by atoms with Gasteiger partial charge in [0.05, 0.1) is 6.42 Å². The quantitative estimate of drug-likeness (QED) is 0.894. The third kappa shape index (κ3) is 4.12. The Morgan fingerprint density at radius 2 is 2.08 bits per heavy atom. The number of hydrogen-bond donors (Lipinski definition) is 1. The average Bonchev–Trinajstić information content (AvgIpc) is 3.05. The lowest BCUT2D eigenvalue weighted by molar-refractivity contribution is -0.138. The van der Waals surface area contributed by atoms with Crippen LogP contribution in [0.4, 0.5) is 0 Å². The lowest BCUT2D eigenvalue weighted by Gasteiger charge is -2.33. The third-order valence-electron chi connectivity index (χ3n) is 5.07. The van der Waals surface area contributed by atoms with Gasteiger partial charge in [0, 0.05) is 30.9 Å². The van der Waals surface area contributed by atoms with Gasteiger partial charge < -0.3 is 10.0 Å². The predicted molar refractivity (Wildman–Crippen MR) is 98.0 cm³/mol. The van der Waals surface area contributed by atoms with Crippen molar-refractivity contribution in [2.45, 2.75) is 45.6 Å². The molecule has 1 aliphatic rings. The van der Waals surface area contributed by atoms with Crippen molar-refractivity contribution in [2.75, 3.05) is 13.1 Å². The molecule has 1 amide bonds. The SMILES string of the molecule is Cc1ccc(C)c(CC(=O)N2CCCC(c3ccnn3CC(=O)O)C2)c1. The van der Waals surface area contributed by atoms with E-state index in [4.69, 9.17) is 5.11 Å². The maximum atomic E-state index is 12.8. The molecule has 1 aliphatic heterocycles. The van der Waals surface area contributed by atoms with E-state index in [1.807, 2.05) is 24.8 Å². The number of aromatic nitrogens is 2. The molecule has 0 saturated carbocycles. The first-order valence-electron chi connectivity index (χ1n) is 9.01. The molecule has 0 aliphatic carbocycles. The van der Waals surface area contributed by atoms with E-state index < -0.39 is 5.97 Å². The van der Waals surface area contributed by atoms with E-state index in [9.17, 15) is 9.59 Å². The molecule has 0 bridgehead atoms. The first kappa shape index (κ1) is 18.2. The van der Waals surface area contributed by atoms with E-state index in [1.54, 1.807) is 6.20 Å². The highest BCUT2D eigenvalue weighted by Gasteiger charge is 2.27. The fourth-order valence-electron chi connectivity index (χ4n) is 3.66. The number of hydrogen-bond acceptors (Lipinski definition) is 3. The molecule has 1 N–H and O–H groups in total. The second kappa shape index (κ2) is 7.72. The molecule has 1 saturated heterocycles. The topological polar surface area (TPSA) is 75.4 Å². The highest BCUT2D eigenvalue weighted by Crippen LogP contribution is 2.27. The summed E-state index contributed by atoms with van der Waals surface area (Å²) in [4.78, 5) is 25.7. The molecule has 138 valence electrons. The van der Waals surface area contributed by atoms with E-state index in [0.717, 1.165) is 41.8 Å². The van der Waals surface area contributed by atoms with Crippen molar-refractivity contribution in [2.24, 2.45) is 0 Å². The molecule has 1 aromatic heterocycles. The fraction of sp³-hybridized carbons (Fsp3) is 0.450. The predicted octanol–water partition coefficient (Wildman–Crippen LogP) is 2.53. The Kier molecular flexibility index (Phi) is 5.40. The van der Waals surface area contributed by atoms with E-state index >= 15 is 0 Å². The molecule has 6 heteroatoms. The van der Waals surface area contributed by atoms with Crippen molar-refractivity contribution in [3.63, 3.8) is 0 Å². The molecule has 1 fully saturated rings. The molecule has 26 heavy (non-hydrogen) atoms. The van der Waals surface area contributed by atoms with Crippen molar-refractivity contribution in [1.82, 2.24) is 14.7 Å². The number of aryl methyl sites for hydroxylation is 2. The van der Waals surface area contributed by atoms with Crippen molar-refractivity contribution >= 4 is 11.9 Å². The number of carboxylic acids is 1. The fourth-order valence-corrected chi connectivity index (χ4v) is 3.66. The summed E-state index contributed by atoms with van der Waals surface area (Å²) in [5, 5.41) is 13.2. The summed E-state index contributed by atoms with van der Waals surface area (Å²) >= 11 is 0. The first-order chi connectivity index (χ1) is 12.4. The lowest BCUT2D eigenvalue weighted by Crippen LogP contribution is -2.40. The normalized spacial score (nSPS) is 17.3. The summed E-state index contributed by atoms with van der Waals surface area (Å²) in [6.07, 6.45) is 3.91. The number of carbonyl (C=O) groups is 2. The zero-order valence-corrected chi connectivity index (χ0v) is 15.3.